The van der Waals surface area contributed by atoms with Crippen molar-refractivity contribution in [1.82, 2.24) is 5.32 Å². The number of amides is 1. The summed E-state index contributed by atoms with van der Waals surface area (Å²) in [5, 5.41) is 11.0. The predicted molar refractivity (Wildman–Crippen MR) is 55.6 cm³/mol. The van der Waals surface area contributed by atoms with Gasteiger partial charge in [-0.25, -0.2) is 0 Å². The van der Waals surface area contributed by atoms with E-state index >= 15 is 0 Å². The van der Waals surface area contributed by atoms with E-state index in [1.165, 1.54) is 0 Å². The normalized spacial score (nSPS) is 9.93. The number of ether oxygens (including phenoxy) is 1. The van der Waals surface area contributed by atoms with Crippen molar-refractivity contribution in [3.8, 4) is 0 Å². The van der Waals surface area contributed by atoms with Gasteiger partial charge in [-0.05, 0) is 19.3 Å². The van der Waals surface area contributed by atoms with E-state index in [0.717, 1.165) is 25.9 Å². The Kier molecular flexibility index (Phi) is 8.76. The summed E-state index contributed by atoms with van der Waals surface area (Å²) in [6.07, 6.45) is 2.86. The highest BCUT2D eigenvalue weighted by atomic mass is 16.5. The first kappa shape index (κ1) is 13.9. The number of carboxylic acid groups (broad SMARTS) is 1. The van der Waals surface area contributed by atoms with Crippen molar-refractivity contribution in [3.63, 3.8) is 0 Å². The first-order valence-electron chi connectivity index (χ1n) is 5.14. The van der Waals surface area contributed by atoms with Crippen molar-refractivity contribution < 1.29 is 19.4 Å². The van der Waals surface area contributed by atoms with E-state index in [1.54, 1.807) is 7.11 Å². The third-order valence-electron chi connectivity index (χ3n) is 1.91. The lowest BCUT2D eigenvalue weighted by Gasteiger charge is -2.03. The van der Waals surface area contributed by atoms with E-state index in [1.807, 2.05) is 0 Å². The molecule has 0 rings (SSSR count). The number of unbranched alkanes of at least 4 members (excludes halogenated alkanes) is 2. The molecule has 0 aliphatic rings. The molecule has 15 heavy (non-hydrogen) atoms. The number of carbonyl (C=O) groups is 2. The standard InChI is InChI=1S/C10H19NO4/c1-15-8-4-2-3-7-11-9(12)5-6-10(13)14/h2-8H2,1H3,(H,11,12)(H,13,14). The zero-order chi connectivity index (χ0) is 11.5. The zero-order valence-electron chi connectivity index (χ0n) is 9.12. The lowest BCUT2D eigenvalue weighted by Crippen LogP contribution is -2.24. The molecular formula is C10H19NO4. The van der Waals surface area contributed by atoms with Crippen LogP contribution >= 0.6 is 0 Å². The number of carboxylic acids is 1. The van der Waals surface area contributed by atoms with Gasteiger partial charge in [-0.2, -0.15) is 0 Å². The Labute approximate surface area is 89.8 Å². The van der Waals surface area contributed by atoms with E-state index in [4.69, 9.17) is 9.84 Å². The molecule has 0 bridgehead atoms. The lowest BCUT2D eigenvalue weighted by atomic mass is 10.2. The van der Waals surface area contributed by atoms with E-state index in [2.05, 4.69) is 5.32 Å². The van der Waals surface area contributed by atoms with E-state index in [0.29, 0.717) is 6.54 Å². The van der Waals surface area contributed by atoms with Crippen molar-refractivity contribution >= 4 is 11.9 Å². The van der Waals surface area contributed by atoms with Gasteiger partial charge in [-0.15, -0.1) is 0 Å². The fourth-order valence-corrected chi connectivity index (χ4v) is 1.08. The summed E-state index contributed by atoms with van der Waals surface area (Å²) in [6, 6.07) is 0. The average molecular weight is 217 g/mol. The van der Waals surface area contributed by atoms with Gasteiger partial charge >= 0.3 is 5.97 Å². The van der Waals surface area contributed by atoms with Gasteiger partial charge in [0.15, 0.2) is 0 Å². The van der Waals surface area contributed by atoms with Crippen LogP contribution in [0.2, 0.25) is 0 Å². The number of carbonyl (C=O) groups excluding carboxylic acids is 1. The van der Waals surface area contributed by atoms with Gasteiger partial charge in [-0.3, -0.25) is 9.59 Å². The SMILES string of the molecule is COCCCCCNC(=O)CCC(=O)O. The fraction of sp³-hybridized carbons (Fsp3) is 0.800. The molecule has 0 aromatic rings. The molecule has 5 heteroatoms. The Hall–Kier alpha value is -1.10. The van der Waals surface area contributed by atoms with Crippen LogP contribution in [0.15, 0.2) is 0 Å². The Morgan fingerprint density at radius 2 is 1.93 bits per heavy atom. The average Bonchev–Trinajstić information content (AvgIpc) is 2.20. The molecule has 5 nitrogen and oxygen atoms in total. The molecule has 0 fully saturated rings. The highest BCUT2D eigenvalue weighted by molar-refractivity contribution is 5.80. The van der Waals surface area contributed by atoms with E-state index in [9.17, 15) is 9.59 Å². The minimum atomic E-state index is -0.940. The molecule has 0 aliphatic carbocycles. The second-order valence-corrected chi connectivity index (χ2v) is 3.30. The van der Waals surface area contributed by atoms with Gasteiger partial charge in [0.2, 0.25) is 5.91 Å². The molecule has 0 aliphatic heterocycles. The van der Waals surface area contributed by atoms with Gasteiger partial charge in [0.25, 0.3) is 0 Å². The molecule has 0 heterocycles. The van der Waals surface area contributed by atoms with Crippen LogP contribution in [-0.4, -0.2) is 37.2 Å². The summed E-state index contributed by atoms with van der Waals surface area (Å²) in [7, 11) is 1.66. The quantitative estimate of drug-likeness (QED) is 0.560. The van der Waals surface area contributed by atoms with Crippen LogP contribution in [-0.2, 0) is 14.3 Å². The van der Waals surface area contributed by atoms with Gasteiger partial charge in [0, 0.05) is 26.7 Å². The highest BCUT2D eigenvalue weighted by Crippen LogP contribution is 1.94. The van der Waals surface area contributed by atoms with E-state index < -0.39 is 5.97 Å². The monoisotopic (exact) mass is 217 g/mol. The third-order valence-corrected chi connectivity index (χ3v) is 1.91. The van der Waals surface area contributed by atoms with Gasteiger partial charge in [-0.1, -0.05) is 0 Å². The summed E-state index contributed by atoms with van der Waals surface area (Å²) in [5.74, 6) is -1.13. The van der Waals surface area contributed by atoms with Crippen LogP contribution in [0.5, 0.6) is 0 Å². The first-order valence-corrected chi connectivity index (χ1v) is 5.14. The first-order chi connectivity index (χ1) is 7.16. The minimum Gasteiger partial charge on any atom is -0.481 e. The maximum atomic E-state index is 11.0. The molecular weight excluding hydrogens is 198 g/mol. The molecule has 1 amide bonds. The number of methoxy groups -OCH3 is 1. The number of rotatable bonds is 9. The van der Waals surface area contributed by atoms with Crippen LogP contribution in [0.3, 0.4) is 0 Å². The Bertz CT molecular complexity index is 194. The molecule has 0 atom stereocenters. The number of aliphatic carboxylic acids is 1. The van der Waals surface area contributed by atoms with E-state index in [-0.39, 0.29) is 18.7 Å². The summed E-state index contributed by atoms with van der Waals surface area (Å²) in [6.45, 7) is 1.36. The second kappa shape index (κ2) is 9.45. The molecule has 88 valence electrons. The molecule has 0 saturated carbocycles. The molecule has 0 aromatic heterocycles. The van der Waals surface area contributed by atoms with Crippen molar-refractivity contribution in [1.29, 1.82) is 0 Å². The highest BCUT2D eigenvalue weighted by Gasteiger charge is 2.03. The van der Waals surface area contributed by atoms with Crippen molar-refractivity contribution in [3.05, 3.63) is 0 Å². The van der Waals surface area contributed by atoms with Crippen molar-refractivity contribution in [2.24, 2.45) is 0 Å². The fourth-order valence-electron chi connectivity index (χ4n) is 1.08. The summed E-state index contributed by atoms with van der Waals surface area (Å²) < 4.78 is 4.88. The zero-order valence-corrected chi connectivity index (χ0v) is 9.12. The summed E-state index contributed by atoms with van der Waals surface area (Å²) in [4.78, 5) is 21.2. The topological polar surface area (TPSA) is 75.6 Å². The summed E-state index contributed by atoms with van der Waals surface area (Å²) in [5.41, 5.74) is 0. The smallest absolute Gasteiger partial charge is 0.303 e. The molecule has 0 saturated heterocycles. The van der Waals surface area contributed by atoms with Gasteiger partial charge in [0.1, 0.15) is 0 Å². The Morgan fingerprint density at radius 1 is 1.20 bits per heavy atom. The van der Waals surface area contributed by atoms with Crippen LogP contribution in [0.25, 0.3) is 0 Å². The van der Waals surface area contributed by atoms with Gasteiger partial charge < -0.3 is 15.2 Å². The second-order valence-electron chi connectivity index (χ2n) is 3.30. The Balaban J connectivity index is 3.20. The lowest BCUT2D eigenvalue weighted by molar-refractivity contribution is -0.138. The van der Waals surface area contributed by atoms with Crippen LogP contribution in [0.4, 0.5) is 0 Å². The Morgan fingerprint density at radius 3 is 2.53 bits per heavy atom. The summed E-state index contributed by atoms with van der Waals surface area (Å²) >= 11 is 0. The van der Waals surface area contributed by atoms with Gasteiger partial charge in [0.05, 0.1) is 6.42 Å². The number of nitrogens with one attached hydrogen (secondary N) is 1. The molecule has 2 N–H and O–H groups in total. The maximum Gasteiger partial charge on any atom is 0.303 e. The largest absolute Gasteiger partial charge is 0.481 e. The van der Waals surface area contributed by atoms with Crippen LogP contribution in [0.1, 0.15) is 32.1 Å². The third kappa shape index (κ3) is 10.8. The molecule has 0 unspecified atom stereocenters. The maximum absolute atomic E-state index is 11.0. The van der Waals surface area contributed by atoms with Crippen molar-refractivity contribution in [2.45, 2.75) is 32.1 Å². The molecule has 0 aromatic carbocycles. The molecule has 0 radical (unpaired) electrons. The van der Waals surface area contributed by atoms with Crippen molar-refractivity contribution in [2.75, 3.05) is 20.3 Å². The minimum absolute atomic E-state index is 0.0629. The molecule has 0 spiro atoms. The number of hydrogen-bond acceptors (Lipinski definition) is 3. The number of hydrogen-bond donors (Lipinski definition) is 2. The van der Waals surface area contributed by atoms with Crippen LogP contribution < -0.4 is 5.32 Å². The van der Waals surface area contributed by atoms with Crippen LogP contribution in [0, 0.1) is 0 Å². The predicted octanol–water partition coefficient (Wildman–Crippen LogP) is 0.784.